The smallest absolute Gasteiger partial charge is 0.255 e. The van der Waals surface area contributed by atoms with Crippen LogP contribution in [-0.4, -0.2) is 67.9 Å². The van der Waals surface area contributed by atoms with Crippen LogP contribution in [0.15, 0.2) is 36.5 Å². The van der Waals surface area contributed by atoms with E-state index in [0.29, 0.717) is 30.5 Å². The van der Waals surface area contributed by atoms with Crippen LogP contribution in [0, 0.1) is 5.92 Å². The fraction of sp³-hybridized carbons (Fsp3) is 0.467. The van der Waals surface area contributed by atoms with Crippen LogP contribution < -0.4 is 5.32 Å². The average molecular weight is 528 g/mol. The molecular weight excluding hydrogens is 494 g/mol. The average Bonchev–Trinajstić information content (AvgIpc) is 3.61. The van der Waals surface area contributed by atoms with E-state index >= 15 is 0 Å². The second-order valence-corrected chi connectivity index (χ2v) is 11.5. The number of fused-ring (bicyclic) bond motifs is 2. The summed E-state index contributed by atoms with van der Waals surface area (Å²) < 4.78 is 2.31. The molecule has 3 amide bonds. The summed E-state index contributed by atoms with van der Waals surface area (Å²) in [6, 6.07) is 10.1. The fourth-order valence-corrected chi connectivity index (χ4v) is 6.42. The number of hydrogen-bond donors (Lipinski definition) is 2. The molecule has 3 aliphatic heterocycles. The number of likely N-dealkylation sites (tertiary alicyclic amines) is 1. The standard InChI is InChI=1S/C30H33N5O4/c36-17-18-7-10-33(11-8-18)15-21-14-25(31-28-23(21)9-12-34(28)22-2-3-22)19-1-4-24-20(13-19)16-35(30(24)39)26-5-6-27(37)32-29(26)38/h1,4,9,12-14,18,22,26,36H,2-3,5-8,10-11,15-17H2,(H,32,37,38). The molecule has 2 N–H and O–H groups in total. The summed E-state index contributed by atoms with van der Waals surface area (Å²) in [6.45, 7) is 3.41. The molecular formula is C30H33N5O4. The summed E-state index contributed by atoms with van der Waals surface area (Å²) in [5, 5.41) is 13.1. The maximum Gasteiger partial charge on any atom is 0.255 e. The van der Waals surface area contributed by atoms with Gasteiger partial charge in [-0.2, -0.15) is 0 Å². The normalized spacial score (nSPS) is 22.5. The second kappa shape index (κ2) is 9.57. The number of pyridine rings is 1. The minimum atomic E-state index is -0.621. The van der Waals surface area contributed by atoms with E-state index in [-0.39, 0.29) is 24.8 Å². The number of carbonyl (C=O) groups excluding carboxylic acids is 3. The molecule has 2 saturated heterocycles. The van der Waals surface area contributed by atoms with Gasteiger partial charge in [0.2, 0.25) is 11.8 Å². The predicted molar refractivity (Wildman–Crippen MR) is 145 cm³/mol. The van der Waals surface area contributed by atoms with Gasteiger partial charge in [-0.25, -0.2) is 4.98 Å². The Kier molecular flexibility index (Phi) is 6.01. The lowest BCUT2D eigenvalue weighted by molar-refractivity contribution is -0.136. The van der Waals surface area contributed by atoms with Gasteiger partial charge in [-0.3, -0.25) is 24.6 Å². The van der Waals surface area contributed by atoms with Crippen molar-refractivity contribution < 1.29 is 19.5 Å². The van der Waals surface area contributed by atoms with Crippen molar-refractivity contribution in [3.8, 4) is 11.3 Å². The van der Waals surface area contributed by atoms with Gasteiger partial charge in [0, 0.05) is 54.9 Å². The number of imide groups is 1. The van der Waals surface area contributed by atoms with Gasteiger partial charge in [-0.05, 0) is 86.5 Å². The Bertz CT molecular complexity index is 1480. The maximum atomic E-state index is 13.2. The van der Waals surface area contributed by atoms with E-state index in [1.807, 2.05) is 18.2 Å². The topological polar surface area (TPSA) is 108 Å². The van der Waals surface area contributed by atoms with Gasteiger partial charge in [0.15, 0.2) is 0 Å². The van der Waals surface area contributed by atoms with E-state index in [1.165, 1.54) is 23.8 Å². The van der Waals surface area contributed by atoms with Crippen molar-refractivity contribution in [1.29, 1.82) is 0 Å². The number of rotatable bonds is 6. The highest BCUT2D eigenvalue weighted by atomic mass is 16.3. The minimum Gasteiger partial charge on any atom is -0.396 e. The number of nitrogens with one attached hydrogen (secondary N) is 1. The third-order valence-electron chi connectivity index (χ3n) is 8.89. The van der Waals surface area contributed by atoms with Gasteiger partial charge in [0.05, 0.1) is 5.69 Å². The molecule has 4 aliphatic rings. The van der Waals surface area contributed by atoms with Crippen LogP contribution in [0.4, 0.5) is 0 Å². The summed E-state index contributed by atoms with van der Waals surface area (Å²) in [6.07, 6.45) is 7.15. The molecule has 3 aromatic rings. The maximum absolute atomic E-state index is 13.2. The van der Waals surface area contributed by atoms with Gasteiger partial charge in [0.1, 0.15) is 11.7 Å². The minimum absolute atomic E-state index is 0.163. The van der Waals surface area contributed by atoms with Crippen LogP contribution >= 0.6 is 0 Å². The van der Waals surface area contributed by atoms with Gasteiger partial charge >= 0.3 is 0 Å². The molecule has 2 aromatic heterocycles. The number of aliphatic hydroxyl groups excluding tert-OH is 1. The highest BCUT2D eigenvalue weighted by Crippen LogP contribution is 2.39. The monoisotopic (exact) mass is 527 g/mol. The number of hydrogen-bond acceptors (Lipinski definition) is 6. The summed E-state index contributed by atoms with van der Waals surface area (Å²) in [7, 11) is 0. The zero-order valence-corrected chi connectivity index (χ0v) is 21.9. The van der Waals surface area contributed by atoms with Gasteiger partial charge in [0.25, 0.3) is 5.91 Å². The molecule has 1 unspecified atom stereocenters. The number of benzene rings is 1. The molecule has 0 radical (unpaired) electrons. The first-order valence-electron chi connectivity index (χ1n) is 14.1. The Labute approximate surface area is 226 Å². The molecule has 1 saturated carbocycles. The quantitative estimate of drug-likeness (QED) is 0.478. The summed E-state index contributed by atoms with van der Waals surface area (Å²) in [4.78, 5) is 46.4. The predicted octanol–water partition coefficient (Wildman–Crippen LogP) is 3.00. The lowest BCUT2D eigenvalue weighted by atomic mass is 9.97. The number of piperidine rings is 2. The summed E-state index contributed by atoms with van der Waals surface area (Å²) in [5.74, 6) is -0.440. The van der Waals surface area contributed by atoms with Crippen molar-refractivity contribution in [3.05, 3.63) is 53.2 Å². The number of aliphatic hydroxyl groups is 1. The molecule has 3 fully saturated rings. The van der Waals surface area contributed by atoms with Crippen molar-refractivity contribution in [2.75, 3.05) is 19.7 Å². The Morgan fingerprint density at radius 3 is 2.56 bits per heavy atom. The van der Waals surface area contributed by atoms with Crippen LogP contribution in [0.25, 0.3) is 22.3 Å². The Morgan fingerprint density at radius 1 is 1.00 bits per heavy atom. The Hall–Kier alpha value is -3.56. The zero-order chi connectivity index (χ0) is 26.7. The second-order valence-electron chi connectivity index (χ2n) is 11.5. The first-order chi connectivity index (χ1) is 19.0. The van der Waals surface area contributed by atoms with Gasteiger partial charge in [-0.15, -0.1) is 0 Å². The molecule has 9 heteroatoms. The van der Waals surface area contributed by atoms with Crippen molar-refractivity contribution in [3.63, 3.8) is 0 Å². The van der Waals surface area contributed by atoms with E-state index in [1.54, 1.807) is 4.90 Å². The lowest BCUT2D eigenvalue weighted by Gasteiger charge is -2.31. The van der Waals surface area contributed by atoms with Crippen molar-refractivity contribution >= 4 is 28.8 Å². The van der Waals surface area contributed by atoms with Gasteiger partial charge < -0.3 is 14.6 Å². The van der Waals surface area contributed by atoms with Crippen molar-refractivity contribution in [2.45, 2.75) is 63.7 Å². The molecule has 7 rings (SSSR count). The summed E-state index contributed by atoms with van der Waals surface area (Å²) >= 11 is 0. The van der Waals surface area contributed by atoms with E-state index in [0.717, 1.165) is 54.9 Å². The summed E-state index contributed by atoms with van der Waals surface area (Å²) in [5.41, 5.74) is 5.60. The van der Waals surface area contributed by atoms with Crippen molar-refractivity contribution in [1.82, 2.24) is 24.7 Å². The highest BCUT2D eigenvalue weighted by Gasteiger charge is 2.39. The highest BCUT2D eigenvalue weighted by molar-refractivity contribution is 6.05. The fourth-order valence-electron chi connectivity index (χ4n) is 6.42. The van der Waals surface area contributed by atoms with Crippen LogP contribution in [-0.2, 0) is 22.7 Å². The molecule has 1 aliphatic carbocycles. The molecule has 5 heterocycles. The first-order valence-corrected chi connectivity index (χ1v) is 14.1. The largest absolute Gasteiger partial charge is 0.396 e. The van der Waals surface area contributed by atoms with E-state index in [2.05, 4.69) is 33.1 Å². The van der Waals surface area contributed by atoms with Crippen LogP contribution in [0.3, 0.4) is 0 Å². The molecule has 39 heavy (non-hydrogen) atoms. The van der Waals surface area contributed by atoms with E-state index in [4.69, 9.17) is 4.98 Å². The van der Waals surface area contributed by atoms with Crippen LogP contribution in [0.5, 0.6) is 0 Å². The molecule has 0 bridgehead atoms. The van der Waals surface area contributed by atoms with Crippen LogP contribution in [0.2, 0.25) is 0 Å². The SMILES string of the molecule is O=C1CCC(N2Cc3cc(-c4cc(CN5CCC(CO)CC5)c5ccn(C6CC6)c5n4)ccc3C2=O)C(=O)N1. The van der Waals surface area contributed by atoms with Gasteiger partial charge in [-0.1, -0.05) is 6.07 Å². The zero-order valence-electron chi connectivity index (χ0n) is 21.9. The number of carbonyl (C=O) groups is 3. The van der Waals surface area contributed by atoms with Crippen LogP contribution in [0.1, 0.15) is 66.1 Å². The Balaban J connectivity index is 1.21. The number of nitrogens with zero attached hydrogens (tertiary/aromatic N) is 4. The molecule has 9 nitrogen and oxygen atoms in total. The number of aromatic nitrogens is 2. The third kappa shape index (κ3) is 4.43. The Morgan fingerprint density at radius 2 is 1.82 bits per heavy atom. The molecule has 1 atom stereocenters. The number of amides is 3. The molecule has 202 valence electrons. The van der Waals surface area contributed by atoms with Crippen molar-refractivity contribution in [2.24, 2.45) is 5.92 Å². The lowest BCUT2D eigenvalue weighted by Crippen LogP contribution is -2.52. The first kappa shape index (κ1) is 24.5. The third-order valence-corrected chi connectivity index (χ3v) is 8.89. The molecule has 1 aromatic carbocycles. The van der Waals surface area contributed by atoms with E-state index in [9.17, 15) is 19.5 Å². The van der Waals surface area contributed by atoms with E-state index < -0.39 is 11.9 Å². The molecule has 0 spiro atoms.